The van der Waals surface area contributed by atoms with Crippen LogP contribution in [-0.4, -0.2) is 35.9 Å². The lowest BCUT2D eigenvalue weighted by Gasteiger charge is -2.22. The van der Waals surface area contributed by atoms with E-state index in [9.17, 15) is 19.5 Å². The van der Waals surface area contributed by atoms with Gasteiger partial charge in [0.15, 0.2) is 11.4 Å². The predicted octanol–water partition coefficient (Wildman–Crippen LogP) is 4.22. The van der Waals surface area contributed by atoms with Gasteiger partial charge in [0.2, 0.25) is 0 Å². The van der Waals surface area contributed by atoms with Crippen LogP contribution in [0.2, 0.25) is 0 Å². The van der Waals surface area contributed by atoms with Crippen LogP contribution in [0.3, 0.4) is 0 Å². The van der Waals surface area contributed by atoms with Gasteiger partial charge in [-0.25, -0.2) is 0 Å². The fraction of sp³-hybridized carbons (Fsp3) is 0.375. The van der Waals surface area contributed by atoms with Gasteiger partial charge in [-0.3, -0.25) is 19.3 Å². The summed E-state index contributed by atoms with van der Waals surface area (Å²) in [6.07, 6.45) is 1.20. The molecule has 0 spiro atoms. The Morgan fingerprint density at radius 1 is 1.16 bits per heavy atom. The van der Waals surface area contributed by atoms with Crippen LogP contribution in [0, 0.1) is 13.8 Å². The number of benzene rings is 2. The fourth-order valence-electron chi connectivity index (χ4n) is 3.81. The molecular weight excluding hydrogens is 462 g/mol. The van der Waals surface area contributed by atoms with Crippen LogP contribution >= 0.6 is 15.9 Å². The zero-order chi connectivity index (χ0) is 22.8. The molecule has 0 fully saturated rings. The molecule has 3 rings (SSSR count). The predicted molar refractivity (Wildman–Crippen MR) is 121 cm³/mol. The van der Waals surface area contributed by atoms with E-state index in [1.165, 1.54) is 4.90 Å². The highest BCUT2D eigenvalue weighted by molar-refractivity contribution is 9.10. The molecule has 0 unspecified atom stereocenters. The Labute approximate surface area is 190 Å². The van der Waals surface area contributed by atoms with Crippen LogP contribution in [0.4, 0.5) is 5.69 Å². The minimum Gasteiger partial charge on any atom is -0.464 e. The van der Waals surface area contributed by atoms with Crippen molar-refractivity contribution in [3.63, 3.8) is 0 Å². The van der Waals surface area contributed by atoms with E-state index < -0.39 is 23.9 Å². The molecule has 0 aliphatic carbocycles. The summed E-state index contributed by atoms with van der Waals surface area (Å²) in [7, 11) is 0. The molecule has 0 bridgehead atoms. The molecule has 6 nitrogen and oxygen atoms in total. The largest absolute Gasteiger partial charge is 0.464 e. The maximum Gasteiger partial charge on any atom is 0.326 e. The van der Waals surface area contributed by atoms with Crippen LogP contribution in [-0.2, 0) is 19.9 Å². The van der Waals surface area contributed by atoms with Gasteiger partial charge < -0.3 is 9.84 Å². The molecule has 1 atom stereocenters. The second-order valence-electron chi connectivity index (χ2n) is 7.91. The minimum absolute atomic E-state index is 0.278. The van der Waals surface area contributed by atoms with Gasteiger partial charge in [-0.1, -0.05) is 53.0 Å². The van der Waals surface area contributed by atoms with Crippen molar-refractivity contribution in [2.24, 2.45) is 0 Å². The molecular formula is C24H26BrNO5. The molecule has 0 saturated heterocycles. The molecule has 7 heteroatoms. The van der Waals surface area contributed by atoms with E-state index in [1.54, 1.807) is 24.3 Å². The summed E-state index contributed by atoms with van der Waals surface area (Å²) in [5.74, 6) is -1.60. The van der Waals surface area contributed by atoms with Crippen molar-refractivity contribution in [1.29, 1.82) is 0 Å². The van der Waals surface area contributed by atoms with E-state index in [1.807, 2.05) is 32.9 Å². The number of fused-ring (bicyclic) bond motifs is 1. The Hall–Kier alpha value is -2.51. The third-order valence-electron chi connectivity index (χ3n) is 5.44. The van der Waals surface area contributed by atoms with E-state index in [0.717, 1.165) is 24.0 Å². The number of nitrogens with zero attached hydrogens (tertiary/aromatic N) is 1. The lowest BCUT2D eigenvalue weighted by Crippen LogP contribution is -2.44. The number of Topliss-reactive ketones (excluding diaryl/α,β-unsaturated/α-hetero) is 1. The third kappa shape index (κ3) is 4.72. The third-order valence-corrected chi connectivity index (χ3v) is 5.93. The van der Waals surface area contributed by atoms with Crippen LogP contribution in [0.15, 0.2) is 40.9 Å². The van der Waals surface area contributed by atoms with Crippen molar-refractivity contribution < 1.29 is 24.2 Å². The van der Waals surface area contributed by atoms with Crippen LogP contribution in [0.5, 0.6) is 0 Å². The molecule has 1 amide bonds. The van der Waals surface area contributed by atoms with Gasteiger partial charge >= 0.3 is 5.97 Å². The van der Waals surface area contributed by atoms with Crippen molar-refractivity contribution in [2.75, 3.05) is 18.1 Å². The van der Waals surface area contributed by atoms with Crippen molar-refractivity contribution in [2.45, 2.75) is 45.6 Å². The zero-order valence-electron chi connectivity index (χ0n) is 17.9. The smallest absolute Gasteiger partial charge is 0.326 e. The number of aliphatic hydroxyl groups is 1. The number of carbonyl (C=O) groups excluding carboxylic acids is 3. The minimum atomic E-state index is -2.06. The number of ketones is 1. The number of rotatable bonds is 8. The summed E-state index contributed by atoms with van der Waals surface area (Å²) in [5.41, 5.74) is 0.900. The van der Waals surface area contributed by atoms with Crippen molar-refractivity contribution in [3.05, 3.63) is 63.1 Å². The van der Waals surface area contributed by atoms with Crippen LogP contribution in [0.1, 0.15) is 53.2 Å². The van der Waals surface area contributed by atoms with Crippen molar-refractivity contribution in [3.8, 4) is 0 Å². The maximum absolute atomic E-state index is 13.3. The SMILES string of the molecule is CCCCOC(=O)CN1C(=O)[C@@](O)(CC(=O)c2ccc(C)cc2C)c2cc(Br)ccc21. The molecule has 2 aromatic rings. The van der Waals surface area contributed by atoms with Gasteiger partial charge in [0.25, 0.3) is 5.91 Å². The second kappa shape index (κ2) is 9.32. The van der Waals surface area contributed by atoms with Gasteiger partial charge in [-0.2, -0.15) is 0 Å². The Morgan fingerprint density at radius 2 is 1.90 bits per heavy atom. The molecule has 0 radical (unpaired) electrons. The van der Waals surface area contributed by atoms with Gasteiger partial charge in [-0.15, -0.1) is 0 Å². The van der Waals surface area contributed by atoms with Gasteiger partial charge in [0, 0.05) is 15.6 Å². The van der Waals surface area contributed by atoms with Crippen LogP contribution < -0.4 is 4.90 Å². The molecule has 31 heavy (non-hydrogen) atoms. The van der Waals surface area contributed by atoms with Crippen LogP contribution in [0.25, 0.3) is 0 Å². The number of hydrogen-bond acceptors (Lipinski definition) is 5. The normalized spacial score (nSPS) is 17.6. The maximum atomic E-state index is 13.3. The van der Waals surface area contributed by atoms with Crippen molar-refractivity contribution >= 4 is 39.3 Å². The summed E-state index contributed by atoms with van der Waals surface area (Å²) in [5, 5.41) is 11.4. The average molecular weight is 488 g/mol. The fourth-order valence-corrected chi connectivity index (χ4v) is 4.17. The van der Waals surface area contributed by atoms with E-state index in [2.05, 4.69) is 15.9 Å². The quantitative estimate of drug-likeness (QED) is 0.342. The number of anilines is 1. The Morgan fingerprint density at radius 3 is 2.58 bits per heavy atom. The summed E-state index contributed by atoms with van der Waals surface area (Å²) < 4.78 is 5.84. The van der Waals surface area contributed by atoms with Gasteiger partial charge in [-0.05, 0) is 44.0 Å². The second-order valence-corrected chi connectivity index (χ2v) is 8.82. The number of halogens is 1. The van der Waals surface area contributed by atoms with E-state index in [0.29, 0.717) is 21.3 Å². The molecule has 2 aromatic carbocycles. The molecule has 1 aliphatic heterocycles. The van der Waals surface area contributed by atoms with Gasteiger partial charge in [0.1, 0.15) is 6.54 Å². The first kappa shape index (κ1) is 23.2. The Bertz CT molecular complexity index is 1030. The monoisotopic (exact) mass is 487 g/mol. The molecule has 164 valence electrons. The van der Waals surface area contributed by atoms with Gasteiger partial charge in [0.05, 0.1) is 18.7 Å². The standard InChI is InChI=1S/C24H26BrNO5/c1-4-5-10-31-22(28)14-26-20-9-7-17(25)12-19(20)24(30,23(26)29)13-21(27)18-8-6-15(2)11-16(18)3/h6-9,11-12,30H,4-5,10,13-14H2,1-3H3/t24-/m1/s1. The van der Waals surface area contributed by atoms with E-state index in [-0.39, 0.29) is 18.9 Å². The number of unbranched alkanes of at least 4 members (excludes halogenated alkanes) is 1. The average Bonchev–Trinajstić information content (AvgIpc) is 2.89. The number of esters is 1. The number of carbonyl (C=O) groups is 3. The first-order chi connectivity index (χ1) is 14.7. The molecule has 1 heterocycles. The molecule has 1 aliphatic rings. The summed E-state index contributed by atoms with van der Waals surface area (Å²) in [6, 6.07) is 10.4. The highest BCUT2D eigenvalue weighted by atomic mass is 79.9. The topological polar surface area (TPSA) is 83.9 Å². The first-order valence-electron chi connectivity index (χ1n) is 10.3. The van der Waals surface area contributed by atoms with E-state index >= 15 is 0 Å². The summed E-state index contributed by atoms with van der Waals surface area (Å²) in [6.45, 7) is 5.69. The summed E-state index contributed by atoms with van der Waals surface area (Å²) >= 11 is 3.36. The number of hydrogen-bond donors (Lipinski definition) is 1. The van der Waals surface area contributed by atoms with Crippen molar-refractivity contribution in [1.82, 2.24) is 0 Å². The number of ether oxygens (including phenoxy) is 1. The molecule has 1 N–H and O–H groups in total. The summed E-state index contributed by atoms with van der Waals surface area (Å²) in [4.78, 5) is 39.8. The highest BCUT2D eigenvalue weighted by Gasteiger charge is 2.51. The van der Waals surface area contributed by atoms with E-state index in [4.69, 9.17) is 4.74 Å². The molecule has 0 saturated carbocycles. The lowest BCUT2D eigenvalue weighted by molar-refractivity contribution is -0.144. The Balaban J connectivity index is 1.91. The Kier molecular flexibility index (Phi) is 6.96. The number of aryl methyl sites for hydroxylation is 2. The first-order valence-corrected chi connectivity index (χ1v) is 11.1. The highest BCUT2D eigenvalue weighted by Crippen LogP contribution is 2.44. The molecule has 0 aromatic heterocycles. The zero-order valence-corrected chi connectivity index (χ0v) is 19.5. The lowest BCUT2D eigenvalue weighted by atomic mass is 9.87. The number of amides is 1.